The van der Waals surface area contributed by atoms with Gasteiger partial charge >= 0.3 is 0 Å². The molecule has 1 heterocycles. The largest absolute Gasteiger partial charge is 0.497 e. The fourth-order valence-electron chi connectivity index (χ4n) is 3.43. The lowest BCUT2D eigenvalue weighted by molar-refractivity contribution is 0.0971. The zero-order chi connectivity index (χ0) is 20.2. The monoisotopic (exact) mass is 386 g/mol. The molecule has 0 bridgehead atoms. The second-order valence-electron chi connectivity index (χ2n) is 6.70. The maximum atomic E-state index is 13.6. The van der Waals surface area contributed by atoms with E-state index in [1.165, 1.54) is 0 Å². The molecule has 1 unspecified atom stereocenters. The van der Waals surface area contributed by atoms with Gasteiger partial charge in [-0.1, -0.05) is 48.5 Å². The highest BCUT2D eigenvalue weighted by molar-refractivity contribution is 6.11. The number of carbonyl (C=O) groups is 1. The molecule has 0 saturated heterocycles. The van der Waals surface area contributed by atoms with Crippen molar-refractivity contribution in [3.8, 4) is 11.5 Å². The molecule has 146 valence electrons. The molecule has 0 aliphatic carbocycles. The molecule has 29 heavy (non-hydrogen) atoms. The Bertz CT molecular complexity index is 1110. The lowest BCUT2D eigenvalue weighted by Gasteiger charge is -2.20. The number of benzene rings is 3. The first kappa shape index (κ1) is 18.6. The number of hydrogen-bond donors (Lipinski definition) is 2. The molecule has 1 aromatic heterocycles. The average Bonchev–Trinajstić information content (AvgIpc) is 3.21. The van der Waals surface area contributed by atoms with Crippen LogP contribution < -0.4 is 14.8 Å². The van der Waals surface area contributed by atoms with Gasteiger partial charge in [-0.3, -0.25) is 4.79 Å². The van der Waals surface area contributed by atoms with Gasteiger partial charge in [0.15, 0.2) is 5.78 Å². The number of aromatic amines is 1. The van der Waals surface area contributed by atoms with Crippen LogP contribution in [-0.4, -0.2) is 25.0 Å². The van der Waals surface area contributed by atoms with Crippen LogP contribution in [0.3, 0.4) is 0 Å². The van der Waals surface area contributed by atoms with Gasteiger partial charge in [0.05, 0.1) is 14.2 Å². The summed E-state index contributed by atoms with van der Waals surface area (Å²) in [5.74, 6) is 1.28. The standard InChI is InChI=1S/C24H22N2O3/c1-28-18-12-17(13-19(14-18)29-2)26-23(16-8-4-3-5-9-16)24(27)21-15-25-22-11-7-6-10-20(21)22/h3-15,23,25-26H,1-2H3. The molecule has 5 heteroatoms. The third-order valence-electron chi connectivity index (χ3n) is 4.91. The summed E-state index contributed by atoms with van der Waals surface area (Å²) in [6.07, 6.45) is 1.77. The smallest absolute Gasteiger partial charge is 0.191 e. The number of carbonyl (C=O) groups excluding carboxylic acids is 1. The van der Waals surface area contributed by atoms with Gasteiger partial charge < -0.3 is 19.8 Å². The molecular formula is C24H22N2O3. The Balaban J connectivity index is 1.76. The molecular weight excluding hydrogens is 364 g/mol. The summed E-state index contributed by atoms with van der Waals surface area (Å²) in [7, 11) is 3.20. The molecule has 4 aromatic rings. The van der Waals surface area contributed by atoms with Crippen LogP contribution in [0.5, 0.6) is 11.5 Å². The van der Waals surface area contributed by atoms with Crippen LogP contribution in [0, 0.1) is 0 Å². The zero-order valence-corrected chi connectivity index (χ0v) is 16.3. The van der Waals surface area contributed by atoms with Crippen LogP contribution in [-0.2, 0) is 0 Å². The zero-order valence-electron chi connectivity index (χ0n) is 16.3. The number of nitrogens with one attached hydrogen (secondary N) is 2. The fourth-order valence-corrected chi connectivity index (χ4v) is 3.43. The lowest BCUT2D eigenvalue weighted by atomic mass is 9.96. The number of anilines is 1. The van der Waals surface area contributed by atoms with Gasteiger partial charge in [0, 0.05) is 46.5 Å². The maximum absolute atomic E-state index is 13.6. The van der Waals surface area contributed by atoms with E-state index in [4.69, 9.17) is 9.47 Å². The molecule has 0 fully saturated rings. The molecule has 0 saturated carbocycles. The Hall–Kier alpha value is -3.73. The molecule has 0 spiro atoms. The van der Waals surface area contributed by atoms with E-state index in [-0.39, 0.29) is 5.78 Å². The number of hydrogen-bond acceptors (Lipinski definition) is 4. The summed E-state index contributed by atoms with van der Waals surface area (Å²) in [6.45, 7) is 0. The molecule has 0 amide bonds. The Morgan fingerprint density at radius 2 is 1.55 bits per heavy atom. The molecule has 2 N–H and O–H groups in total. The van der Waals surface area contributed by atoms with Gasteiger partial charge in [0.25, 0.3) is 0 Å². The number of para-hydroxylation sites is 1. The van der Waals surface area contributed by atoms with E-state index in [1.807, 2.05) is 66.7 Å². The third kappa shape index (κ3) is 3.80. The normalized spacial score (nSPS) is 11.8. The van der Waals surface area contributed by atoms with Gasteiger partial charge in [0.1, 0.15) is 17.5 Å². The SMILES string of the molecule is COc1cc(NC(C(=O)c2c[nH]c3ccccc23)c2ccccc2)cc(OC)c1. The number of ketones is 1. The van der Waals surface area contributed by atoms with Gasteiger partial charge in [0.2, 0.25) is 0 Å². The van der Waals surface area contributed by atoms with E-state index in [0.717, 1.165) is 22.2 Å². The lowest BCUT2D eigenvalue weighted by Crippen LogP contribution is -2.21. The summed E-state index contributed by atoms with van der Waals surface area (Å²) in [4.78, 5) is 16.8. The molecule has 3 aromatic carbocycles. The number of methoxy groups -OCH3 is 2. The van der Waals surface area contributed by atoms with E-state index in [2.05, 4.69) is 10.3 Å². The second-order valence-corrected chi connectivity index (χ2v) is 6.70. The molecule has 0 radical (unpaired) electrons. The molecule has 0 aliphatic heterocycles. The van der Waals surface area contributed by atoms with Crippen LogP contribution in [0.4, 0.5) is 5.69 Å². The number of H-pyrrole nitrogens is 1. The first-order valence-corrected chi connectivity index (χ1v) is 9.34. The van der Waals surface area contributed by atoms with E-state index >= 15 is 0 Å². The number of Topliss-reactive ketones (excluding diaryl/α,β-unsaturated/α-hetero) is 1. The minimum absolute atomic E-state index is 0.0181. The summed E-state index contributed by atoms with van der Waals surface area (Å²) in [5.41, 5.74) is 3.20. The van der Waals surface area contributed by atoms with Crippen molar-refractivity contribution in [1.29, 1.82) is 0 Å². The summed E-state index contributed by atoms with van der Waals surface area (Å²) in [6, 6.07) is 22.4. The van der Waals surface area contributed by atoms with E-state index in [0.29, 0.717) is 17.1 Å². The number of fused-ring (bicyclic) bond motifs is 1. The van der Waals surface area contributed by atoms with E-state index in [9.17, 15) is 4.79 Å². The van der Waals surface area contributed by atoms with Gasteiger partial charge in [-0.15, -0.1) is 0 Å². The van der Waals surface area contributed by atoms with E-state index < -0.39 is 6.04 Å². The van der Waals surface area contributed by atoms with Crippen molar-refractivity contribution in [2.75, 3.05) is 19.5 Å². The fraction of sp³-hybridized carbons (Fsp3) is 0.125. The minimum Gasteiger partial charge on any atom is -0.497 e. The minimum atomic E-state index is -0.563. The Morgan fingerprint density at radius 3 is 2.24 bits per heavy atom. The molecule has 4 rings (SSSR count). The van der Waals surface area contributed by atoms with Crippen molar-refractivity contribution >= 4 is 22.4 Å². The molecule has 0 aliphatic rings. The third-order valence-corrected chi connectivity index (χ3v) is 4.91. The predicted octanol–water partition coefficient (Wildman–Crippen LogP) is 5.22. The van der Waals surface area contributed by atoms with Crippen LogP contribution in [0.1, 0.15) is 22.0 Å². The van der Waals surface area contributed by atoms with Crippen molar-refractivity contribution in [3.63, 3.8) is 0 Å². The highest BCUT2D eigenvalue weighted by Gasteiger charge is 2.24. The number of ether oxygens (including phenoxy) is 2. The van der Waals surface area contributed by atoms with E-state index in [1.54, 1.807) is 26.5 Å². The van der Waals surface area contributed by atoms with Gasteiger partial charge in [-0.2, -0.15) is 0 Å². The topological polar surface area (TPSA) is 63.3 Å². The van der Waals surface area contributed by atoms with Crippen LogP contribution in [0.15, 0.2) is 79.0 Å². The van der Waals surface area contributed by atoms with Crippen molar-refractivity contribution in [2.45, 2.75) is 6.04 Å². The molecule has 5 nitrogen and oxygen atoms in total. The highest BCUT2D eigenvalue weighted by atomic mass is 16.5. The summed E-state index contributed by atoms with van der Waals surface area (Å²) in [5, 5.41) is 4.28. The first-order valence-electron chi connectivity index (χ1n) is 9.34. The van der Waals surface area contributed by atoms with Crippen molar-refractivity contribution < 1.29 is 14.3 Å². The first-order chi connectivity index (χ1) is 14.2. The van der Waals surface area contributed by atoms with Gasteiger partial charge in [-0.05, 0) is 11.6 Å². The Kier molecular flexibility index (Phi) is 5.20. The van der Waals surface area contributed by atoms with Crippen molar-refractivity contribution in [1.82, 2.24) is 4.98 Å². The maximum Gasteiger partial charge on any atom is 0.191 e. The Labute approximate surface area is 169 Å². The highest BCUT2D eigenvalue weighted by Crippen LogP contribution is 2.31. The predicted molar refractivity (Wildman–Crippen MR) is 115 cm³/mol. The quantitative estimate of drug-likeness (QED) is 0.427. The van der Waals surface area contributed by atoms with Crippen LogP contribution >= 0.6 is 0 Å². The summed E-state index contributed by atoms with van der Waals surface area (Å²) < 4.78 is 10.7. The van der Waals surface area contributed by atoms with Crippen LogP contribution in [0.25, 0.3) is 10.9 Å². The summed E-state index contributed by atoms with van der Waals surface area (Å²) >= 11 is 0. The molecule has 1 atom stereocenters. The van der Waals surface area contributed by atoms with Gasteiger partial charge in [-0.25, -0.2) is 0 Å². The van der Waals surface area contributed by atoms with Crippen molar-refractivity contribution in [2.24, 2.45) is 0 Å². The number of aromatic nitrogens is 1. The average molecular weight is 386 g/mol. The van der Waals surface area contributed by atoms with Crippen molar-refractivity contribution in [3.05, 3.63) is 90.1 Å². The Morgan fingerprint density at radius 1 is 0.897 bits per heavy atom. The van der Waals surface area contributed by atoms with Crippen LogP contribution in [0.2, 0.25) is 0 Å². The second kappa shape index (κ2) is 8.10. The number of rotatable bonds is 7.